The van der Waals surface area contributed by atoms with E-state index < -0.39 is 0 Å². The largest absolute Gasteiger partial charge is 0.493 e. The van der Waals surface area contributed by atoms with Gasteiger partial charge in [0.2, 0.25) is 0 Å². The van der Waals surface area contributed by atoms with Gasteiger partial charge in [-0.25, -0.2) is 0 Å². The molecule has 0 aliphatic carbocycles. The van der Waals surface area contributed by atoms with Gasteiger partial charge in [-0.1, -0.05) is 12.1 Å². The quantitative estimate of drug-likeness (QED) is 0.899. The van der Waals surface area contributed by atoms with Crippen molar-refractivity contribution in [2.24, 2.45) is 0 Å². The zero-order valence-corrected chi connectivity index (χ0v) is 12.6. The number of rotatable bonds is 5. The lowest BCUT2D eigenvalue weighted by molar-refractivity contribution is 0.242. The van der Waals surface area contributed by atoms with Crippen LogP contribution in [0.1, 0.15) is 25.0 Å². The van der Waals surface area contributed by atoms with Crippen LogP contribution < -0.4 is 14.8 Å². The molecule has 21 heavy (non-hydrogen) atoms. The van der Waals surface area contributed by atoms with Crippen molar-refractivity contribution in [1.29, 1.82) is 0 Å². The molecule has 0 amide bonds. The molecule has 0 spiro atoms. The molecule has 2 aromatic carbocycles. The minimum Gasteiger partial charge on any atom is -0.493 e. The topological polar surface area (TPSA) is 30.5 Å². The summed E-state index contributed by atoms with van der Waals surface area (Å²) in [6, 6.07) is 14.5. The van der Waals surface area contributed by atoms with Gasteiger partial charge < -0.3 is 14.8 Å². The lowest BCUT2D eigenvalue weighted by Gasteiger charge is -2.11. The Balaban J connectivity index is 1.59. The van der Waals surface area contributed by atoms with Crippen LogP contribution >= 0.6 is 0 Å². The van der Waals surface area contributed by atoms with Crippen LogP contribution in [-0.4, -0.2) is 12.7 Å². The van der Waals surface area contributed by atoms with E-state index in [4.69, 9.17) is 9.47 Å². The number of anilines is 1. The van der Waals surface area contributed by atoms with E-state index in [0.717, 1.165) is 36.8 Å². The Morgan fingerprint density at radius 1 is 1.14 bits per heavy atom. The van der Waals surface area contributed by atoms with Gasteiger partial charge in [-0.05, 0) is 55.3 Å². The van der Waals surface area contributed by atoms with Gasteiger partial charge in [0, 0.05) is 18.7 Å². The molecule has 0 aromatic heterocycles. The molecule has 2 aromatic rings. The Labute approximate surface area is 125 Å². The number of fused-ring (bicyclic) bond motifs is 1. The summed E-state index contributed by atoms with van der Waals surface area (Å²) in [6.07, 6.45) is 1.22. The van der Waals surface area contributed by atoms with Crippen LogP contribution in [0, 0.1) is 0 Å². The van der Waals surface area contributed by atoms with Crippen LogP contribution in [0.25, 0.3) is 0 Å². The highest BCUT2D eigenvalue weighted by molar-refractivity contribution is 5.47. The molecule has 0 saturated carbocycles. The van der Waals surface area contributed by atoms with Crippen molar-refractivity contribution in [2.45, 2.75) is 32.9 Å². The van der Waals surface area contributed by atoms with Crippen molar-refractivity contribution in [1.82, 2.24) is 0 Å². The zero-order chi connectivity index (χ0) is 14.7. The number of nitrogens with one attached hydrogen (secondary N) is 1. The fourth-order valence-electron chi connectivity index (χ4n) is 2.48. The molecule has 1 heterocycles. The predicted molar refractivity (Wildman–Crippen MR) is 85.2 cm³/mol. The smallest absolute Gasteiger partial charge is 0.122 e. The normalized spacial score (nSPS) is 12.9. The second-order valence-corrected chi connectivity index (χ2v) is 5.59. The first-order valence-corrected chi connectivity index (χ1v) is 7.46. The lowest BCUT2D eigenvalue weighted by atomic mass is 10.1. The average molecular weight is 283 g/mol. The molecule has 0 bridgehead atoms. The highest BCUT2D eigenvalue weighted by atomic mass is 16.5. The Morgan fingerprint density at radius 3 is 2.71 bits per heavy atom. The van der Waals surface area contributed by atoms with Gasteiger partial charge in [0.25, 0.3) is 0 Å². The molecule has 3 rings (SSSR count). The Kier molecular flexibility index (Phi) is 4.00. The third kappa shape index (κ3) is 3.48. The first kappa shape index (κ1) is 13.8. The number of benzene rings is 2. The summed E-state index contributed by atoms with van der Waals surface area (Å²) in [4.78, 5) is 0. The number of ether oxygens (including phenoxy) is 2. The van der Waals surface area contributed by atoms with Crippen molar-refractivity contribution in [2.75, 3.05) is 11.9 Å². The summed E-state index contributed by atoms with van der Waals surface area (Å²) in [5.41, 5.74) is 3.69. The highest BCUT2D eigenvalue weighted by Crippen LogP contribution is 2.26. The van der Waals surface area contributed by atoms with Gasteiger partial charge in [-0.2, -0.15) is 0 Å². The van der Waals surface area contributed by atoms with Crippen molar-refractivity contribution < 1.29 is 9.47 Å². The van der Waals surface area contributed by atoms with Crippen LogP contribution in [0.4, 0.5) is 5.69 Å². The highest BCUT2D eigenvalue weighted by Gasteiger charge is 2.11. The Hall–Kier alpha value is -2.16. The van der Waals surface area contributed by atoms with Crippen LogP contribution in [0.15, 0.2) is 42.5 Å². The second kappa shape index (κ2) is 6.08. The van der Waals surface area contributed by atoms with E-state index in [1.54, 1.807) is 0 Å². The van der Waals surface area contributed by atoms with E-state index in [1.807, 2.05) is 38.1 Å². The molecular weight excluding hydrogens is 262 g/mol. The molecule has 3 heteroatoms. The summed E-state index contributed by atoms with van der Waals surface area (Å²) in [6.45, 7) is 5.69. The third-order valence-corrected chi connectivity index (χ3v) is 3.48. The fourth-order valence-corrected chi connectivity index (χ4v) is 2.48. The first-order valence-electron chi connectivity index (χ1n) is 7.46. The van der Waals surface area contributed by atoms with Crippen molar-refractivity contribution in [3.05, 3.63) is 53.6 Å². The van der Waals surface area contributed by atoms with E-state index in [9.17, 15) is 0 Å². The van der Waals surface area contributed by atoms with Crippen LogP contribution in [0.5, 0.6) is 11.5 Å². The fraction of sp³-hybridized carbons (Fsp3) is 0.333. The maximum atomic E-state index is 5.64. The predicted octanol–water partition coefficient (Wildman–Crippen LogP) is 4.02. The molecule has 0 unspecified atom stereocenters. The van der Waals surface area contributed by atoms with Gasteiger partial charge in [0.15, 0.2) is 0 Å². The van der Waals surface area contributed by atoms with Gasteiger partial charge >= 0.3 is 0 Å². The van der Waals surface area contributed by atoms with Crippen molar-refractivity contribution >= 4 is 5.69 Å². The van der Waals surface area contributed by atoms with Gasteiger partial charge in [-0.15, -0.1) is 0 Å². The molecule has 110 valence electrons. The van der Waals surface area contributed by atoms with Gasteiger partial charge in [0.1, 0.15) is 11.5 Å². The summed E-state index contributed by atoms with van der Waals surface area (Å²) in [5.74, 6) is 1.94. The average Bonchev–Trinajstić information content (AvgIpc) is 2.93. The van der Waals surface area contributed by atoms with Crippen molar-refractivity contribution in [3.63, 3.8) is 0 Å². The molecule has 1 aliphatic heterocycles. The van der Waals surface area contributed by atoms with Crippen LogP contribution in [-0.2, 0) is 13.0 Å². The zero-order valence-electron chi connectivity index (χ0n) is 12.6. The molecule has 1 N–H and O–H groups in total. The minimum atomic E-state index is 0.206. The van der Waals surface area contributed by atoms with Gasteiger partial charge in [0.05, 0.1) is 12.7 Å². The molecule has 1 aliphatic rings. The van der Waals surface area contributed by atoms with E-state index >= 15 is 0 Å². The molecule has 0 radical (unpaired) electrons. The molecule has 0 fully saturated rings. The lowest BCUT2D eigenvalue weighted by Crippen LogP contribution is -2.05. The second-order valence-electron chi connectivity index (χ2n) is 5.59. The number of hydrogen-bond donors (Lipinski definition) is 1. The molecule has 0 atom stereocenters. The summed E-state index contributed by atoms with van der Waals surface area (Å²) in [7, 11) is 0. The maximum Gasteiger partial charge on any atom is 0.122 e. The first-order chi connectivity index (χ1) is 10.2. The summed E-state index contributed by atoms with van der Waals surface area (Å²) in [5, 5.41) is 3.44. The van der Waals surface area contributed by atoms with E-state index in [1.165, 1.54) is 11.1 Å². The molecule has 0 saturated heterocycles. The Bertz CT molecular complexity index is 605. The SMILES string of the molecule is CC(C)Oc1ccc(NCc2ccc3c(c2)CCO3)cc1. The van der Waals surface area contributed by atoms with E-state index in [0.29, 0.717) is 0 Å². The Morgan fingerprint density at radius 2 is 1.95 bits per heavy atom. The van der Waals surface area contributed by atoms with Gasteiger partial charge in [-0.3, -0.25) is 0 Å². The minimum absolute atomic E-state index is 0.206. The van der Waals surface area contributed by atoms with E-state index in [-0.39, 0.29) is 6.10 Å². The third-order valence-electron chi connectivity index (χ3n) is 3.48. The van der Waals surface area contributed by atoms with Crippen LogP contribution in [0.2, 0.25) is 0 Å². The summed E-state index contributed by atoms with van der Waals surface area (Å²) < 4.78 is 11.2. The molecular formula is C18H21NO2. The van der Waals surface area contributed by atoms with Crippen molar-refractivity contribution in [3.8, 4) is 11.5 Å². The number of hydrogen-bond acceptors (Lipinski definition) is 3. The monoisotopic (exact) mass is 283 g/mol. The van der Waals surface area contributed by atoms with Crippen LogP contribution in [0.3, 0.4) is 0 Å². The molecule has 3 nitrogen and oxygen atoms in total. The summed E-state index contributed by atoms with van der Waals surface area (Å²) >= 11 is 0. The van der Waals surface area contributed by atoms with E-state index in [2.05, 4.69) is 23.5 Å². The maximum absolute atomic E-state index is 5.64. The standard InChI is InChI=1S/C18H21NO2/c1-13(2)21-17-6-4-16(5-7-17)19-12-14-3-8-18-15(11-14)9-10-20-18/h3-8,11,13,19H,9-10,12H2,1-2H3.